The fourth-order valence-corrected chi connectivity index (χ4v) is 3.72. The summed E-state index contributed by atoms with van der Waals surface area (Å²) in [5.41, 5.74) is 10.3. The molecule has 1 fully saturated rings. The predicted octanol–water partition coefficient (Wildman–Crippen LogP) is 2.89. The normalized spacial score (nSPS) is 24.5. The van der Waals surface area contributed by atoms with E-state index in [0.29, 0.717) is 18.9 Å². The summed E-state index contributed by atoms with van der Waals surface area (Å²) in [6.45, 7) is 0. The van der Waals surface area contributed by atoms with E-state index in [1.165, 1.54) is 4.90 Å². The number of rotatable bonds is 1. The highest BCUT2D eigenvalue weighted by Crippen LogP contribution is 2.50. The van der Waals surface area contributed by atoms with Crippen molar-refractivity contribution in [2.75, 3.05) is 4.90 Å². The number of ether oxygens (including phenoxy) is 2. The fraction of sp³-hybridized carbons (Fsp3) is 0.500. The number of hydrogen-bond acceptors (Lipinski definition) is 7. The largest absolute Gasteiger partial charge is 0.507 e. The lowest BCUT2D eigenvalue weighted by Gasteiger charge is -2.45. The van der Waals surface area contributed by atoms with Crippen LogP contribution in [0.3, 0.4) is 0 Å². The van der Waals surface area contributed by atoms with Crippen LogP contribution in [0.25, 0.3) is 0 Å². The number of anilines is 1. The Balaban J connectivity index is 1.82. The van der Waals surface area contributed by atoms with Gasteiger partial charge in [-0.3, -0.25) is 4.90 Å². The van der Waals surface area contributed by atoms with Crippen LogP contribution in [0.15, 0.2) is 22.1 Å². The highest BCUT2D eigenvalue weighted by molar-refractivity contribution is 6.05. The van der Waals surface area contributed by atoms with Crippen LogP contribution >= 0.6 is 0 Å². The van der Waals surface area contributed by atoms with Crippen LogP contribution in [-0.4, -0.2) is 29.8 Å². The Bertz CT molecular complexity index is 882. The first-order valence-electron chi connectivity index (χ1n) is 8.52. The molecule has 0 atom stereocenters. The lowest BCUT2D eigenvalue weighted by molar-refractivity contribution is -0.391. The molecule has 2 heterocycles. The van der Waals surface area contributed by atoms with Gasteiger partial charge in [0.1, 0.15) is 5.66 Å². The van der Waals surface area contributed by atoms with Gasteiger partial charge >= 0.3 is 12.2 Å². The van der Waals surface area contributed by atoms with Crippen molar-refractivity contribution in [1.82, 2.24) is 0 Å². The number of alkyl halides is 4. The van der Waals surface area contributed by atoms with Crippen molar-refractivity contribution in [2.24, 2.45) is 21.5 Å². The molecule has 2 aliphatic heterocycles. The van der Waals surface area contributed by atoms with E-state index >= 15 is 0 Å². The molecule has 1 aliphatic carbocycles. The van der Waals surface area contributed by atoms with Crippen molar-refractivity contribution in [2.45, 2.75) is 50.0 Å². The van der Waals surface area contributed by atoms with Gasteiger partial charge in [-0.25, -0.2) is 9.38 Å². The van der Waals surface area contributed by atoms with E-state index in [2.05, 4.69) is 19.5 Å². The quantitative estimate of drug-likeness (QED) is 0.700. The summed E-state index contributed by atoms with van der Waals surface area (Å²) >= 11 is 0. The zero-order valence-electron chi connectivity index (χ0n) is 14.4. The molecule has 0 radical (unpaired) electrons. The van der Waals surface area contributed by atoms with Crippen molar-refractivity contribution >= 4 is 17.6 Å². The molecule has 3 aliphatic rings. The monoisotopic (exact) mass is 405 g/mol. The van der Waals surface area contributed by atoms with Gasteiger partial charge in [-0.15, -0.1) is 0 Å². The summed E-state index contributed by atoms with van der Waals surface area (Å²) in [6, 6.07) is 1.36. The average Bonchev–Trinajstić information content (AvgIpc) is 2.57. The minimum absolute atomic E-state index is 0.0835. The molecular weight excluding hydrogens is 389 g/mol. The third-order valence-electron chi connectivity index (χ3n) is 4.92. The minimum atomic E-state index is -4.94. The van der Waals surface area contributed by atoms with E-state index in [0.717, 1.165) is 25.3 Å². The van der Waals surface area contributed by atoms with E-state index in [-0.39, 0.29) is 17.6 Å². The first-order chi connectivity index (χ1) is 13.0. The van der Waals surface area contributed by atoms with Crippen LogP contribution in [0, 0.1) is 5.82 Å². The Morgan fingerprint density at radius 3 is 2.11 bits per heavy atom. The standard InChI is InChI=1S/C16H16F5N5O2/c17-8-6-10-11(28-16(20,21)15(18,19)27-10)7-9(8)26-13(23)24-12(22)25-14(26)4-2-1-3-5-14/h6-7H,1-5H2,(H4,22,23,24,25). The molecule has 28 heavy (non-hydrogen) atoms. The maximum absolute atomic E-state index is 14.8. The number of nitrogens with two attached hydrogens (primary N) is 2. The van der Waals surface area contributed by atoms with Gasteiger partial charge in [-0.2, -0.15) is 22.6 Å². The summed E-state index contributed by atoms with van der Waals surface area (Å²) < 4.78 is 76.6. The molecule has 0 bridgehead atoms. The molecule has 0 unspecified atom stereocenters. The highest BCUT2D eigenvalue weighted by atomic mass is 19.3. The van der Waals surface area contributed by atoms with E-state index in [4.69, 9.17) is 11.5 Å². The van der Waals surface area contributed by atoms with Gasteiger partial charge in [0.05, 0.1) is 5.69 Å². The van der Waals surface area contributed by atoms with Gasteiger partial charge in [0, 0.05) is 12.1 Å². The molecule has 12 heteroatoms. The van der Waals surface area contributed by atoms with E-state index < -0.39 is 35.2 Å². The van der Waals surface area contributed by atoms with Crippen molar-refractivity contribution < 1.29 is 31.4 Å². The SMILES string of the molecule is NC1=NC2(CCCCC2)N(c2cc3c(cc2F)OC(F)(F)C(F)(F)O3)C(N)=N1. The first-order valence-corrected chi connectivity index (χ1v) is 8.52. The summed E-state index contributed by atoms with van der Waals surface area (Å²) in [4.78, 5) is 9.41. The minimum Gasteiger partial charge on any atom is -0.421 e. The van der Waals surface area contributed by atoms with Gasteiger partial charge in [0.25, 0.3) is 0 Å². The van der Waals surface area contributed by atoms with Crippen LogP contribution in [0.2, 0.25) is 0 Å². The van der Waals surface area contributed by atoms with E-state index in [1.54, 1.807) is 0 Å². The van der Waals surface area contributed by atoms with Crippen LogP contribution in [0.4, 0.5) is 27.6 Å². The molecule has 1 saturated carbocycles. The zero-order chi connectivity index (χ0) is 20.3. The first kappa shape index (κ1) is 18.6. The molecule has 0 amide bonds. The second-order valence-electron chi connectivity index (χ2n) is 6.81. The van der Waals surface area contributed by atoms with Gasteiger partial charge < -0.3 is 20.9 Å². The molecular formula is C16H16F5N5O2. The van der Waals surface area contributed by atoms with Crippen LogP contribution in [-0.2, 0) is 0 Å². The smallest absolute Gasteiger partial charge is 0.421 e. The maximum Gasteiger partial charge on any atom is 0.507 e. The molecule has 1 spiro atoms. The Morgan fingerprint density at radius 1 is 0.929 bits per heavy atom. The number of hydrogen-bond donors (Lipinski definition) is 2. The third-order valence-corrected chi connectivity index (χ3v) is 4.92. The third kappa shape index (κ3) is 2.69. The van der Waals surface area contributed by atoms with E-state index in [1.807, 2.05) is 0 Å². The second-order valence-corrected chi connectivity index (χ2v) is 6.81. The molecule has 0 aromatic heterocycles. The average molecular weight is 405 g/mol. The number of halogens is 5. The number of benzene rings is 1. The molecule has 152 valence electrons. The van der Waals surface area contributed by atoms with Gasteiger partial charge in [-0.1, -0.05) is 6.42 Å². The van der Waals surface area contributed by atoms with Gasteiger partial charge in [-0.05, 0) is 25.7 Å². The maximum atomic E-state index is 14.8. The summed E-state index contributed by atoms with van der Waals surface area (Å²) in [5.74, 6) is -2.93. The van der Waals surface area contributed by atoms with Crippen LogP contribution < -0.4 is 25.8 Å². The lowest BCUT2D eigenvalue weighted by Crippen LogP contribution is -2.58. The molecule has 7 nitrogen and oxygen atoms in total. The number of nitrogens with zero attached hydrogens (tertiary/aromatic N) is 3. The fourth-order valence-electron chi connectivity index (χ4n) is 3.72. The topological polar surface area (TPSA) is 98.5 Å². The zero-order valence-corrected chi connectivity index (χ0v) is 14.4. The van der Waals surface area contributed by atoms with Crippen molar-refractivity contribution in [3.8, 4) is 11.5 Å². The van der Waals surface area contributed by atoms with Gasteiger partial charge in [0.15, 0.2) is 17.3 Å². The molecule has 4 N–H and O–H groups in total. The highest BCUT2D eigenvalue weighted by Gasteiger charge is 2.66. The molecule has 1 aromatic carbocycles. The number of aliphatic imine (C=N–C) groups is 2. The Labute approximate surface area is 155 Å². The second kappa shape index (κ2) is 5.85. The van der Waals surface area contributed by atoms with Gasteiger partial charge in [0.2, 0.25) is 11.9 Å². The Kier molecular flexibility index (Phi) is 3.88. The molecule has 0 saturated heterocycles. The number of guanidine groups is 2. The molecule has 1 aromatic rings. The summed E-state index contributed by atoms with van der Waals surface area (Å²) in [5, 5.41) is 0. The molecule has 4 rings (SSSR count). The van der Waals surface area contributed by atoms with Crippen molar-refractivity contribution in [3.63, 3.8) is 0 Å². The van der Waals surface area contributed by atoms with Crippen molar-refractivity contribution in [1.29, 1.82) is 0 Å². The van der Waals surface area contributed by atoms with Crippen LogP contribution in [0.1, 0.15) is 32.1 Å². The Morgan fingerprint density at radius 2 is 1.50 bits per heavy atom. The van der Waals surface area contributed by atoms with E-state index in [9.17, 15) is 22.0 Å². The summed E-state index contributed by atoms with van der Waals surface area (Å²) in [6.07, 6.45) is -6.52. The lowest BCUT2D eigenvalue weighted by atomic mass is 9.87. The summed E-state index contributed by atoms with van der Waals surface area (Å²) in [7, 11) is 0. The Hall–Kier alpha value is -2.79. The van der Waals surface area contributed by atoms with Crippen molar-refractivity contribution in [3.05, 3.63) is 17.9 Å². The number of fused-ring (bicyclic) bond motifs is 1. The van der Waals surface area contributed by atoms with Crippen LogP contribution in [0.5, 0.6) is 11.5 Å². The predicted molar refractivity (Wildman–Crippen MR) is 89.1 cm³/mol.